The number of anilines is 2. The number of halogens is 1. The lowest BCUT2D eigenvalue weighted by Crippen LogP contribution is -2.25. The van der Waals surface area contributed by atoms with Gasteiger partial charge in [0.25, 0.3) is 0 Å². The van der Waals surface area contributed by atoms with Crippen LogP contribution >= 0.6 is 11.6 Å². The summed E-state index contributed by atoms with van der Waals surface area (Å²) in [4.78, 5) is 11.7. The summed E-state index contributed by atoms with van der Waals surface area (Å²) in [5.74, 6) is -0.103. The minimum absolute atomic E-state index is 0.103. The van der Waals surface area contributed by atoms with E-state index >= 15 is 0 Å². The van der Waals surface area contributed by atoms with Gasteiger partial charge in [-0.3, -0.25) is 4.79 Å². The molecule has 1 aromatic rings. The summed E-state index contributed by atoms with van der Waals surface area (Å²) in [6.45, 7) is 6.46. The molecule has 106 valence electrons. The van der Waals surface area contributed by atoms with E-state index in [9.17, 15) is 4.79 Å². The normalized spacial score (nSPS) is 11.4. The van der Waals surface area contributed by atoms with Gasteiger partial charge in [0.2, 0.25) is 5.91 Å². The van der Waals surface area contributed by atoms with Crippen LogP contribution in [0.15, 0.2) is 18.2 Å². The maximum absolute atomic E-state index is 11.7. The van der Waals surface area contributed by atoms with Gasteiger partial charge in [-0.1, -0.05) is 18.5 Å². The van der Waals surface area contributed by atoms with E-state index in [-0.39, 0.29) is 11.5 Å². The number of carbonyl (C=O) groups excluding carboxylic acids is 1. The first-order chi connectivity index (χ1) is 8.84. The maximum Gasteiger partial charge on any atom is 0.226 e. The van der Waals surface area contributed by atoms with Gasteiger partial charge < -0.3 is 15.8 Å². The highest BCUT2D eigenvalue weighted by Crippen LogP contribution is 2.22. The van der Waals surface area contributed by atoms with Gasteiger partial charge in [-0.25, -0.2) is 0 Å². The van der Waals surface area contributed by atoms with Crippen LogP contribution in [0.2, 0.25) is 5.02 Å². The lowest BCUT2D eigenvalue weighted by Gasteiger charge is -2.23. The Balaban J connectivity index is 2.41. The van der Waals surface area contributed by atoms with E-state index < -0.39 is 0 Å². The van der Waals surface area contributed by atoms with Crippen LogP contribution in [0.5, 0.6) is 0 Å². The maximum atomic E-state index is 11.7. The molecule has 1 rings (SSSR count). The number of amides is 1. The first kappa shape index (κ1) is 15.8. The van der Waals surface area contributed by atoms with Crippen LogP contribution in [0.4, 0.5) is 11.4 Å². The zero-order valence-electron chi connectivity index (χ0n) is 11.6. The first-order valence-corrected chi connectivity index (χ1v) is 6.70. The zero-order chi connectivity index (χ0) is 14.5. The summed E-state index contributed by atoms with van der Waals surface area (Å²) >= 11 is 5.81. The second kappa shape index (κ2) is 6.78. The molecule has 0 aliphatic rings. The van der Waals surface area contributed by atoms with Crippen molar-refractivity contribution in [3.05, 3.63) is 23.2 Å². The number of ether oxygens (including phenoxy) is 1. The van der Waals surface area contributed by atoms with E-state index in [2.05, 4.69) is 12.2 Å². The lowest BCUT2D eigenvalue weighted by molar-refractivity contribution is -0.118. The van der Waals surface area contributed by atoms with Crippen LogP contribution in [0.25, 0.3) is 0 Å². The molecule has 1 amide bonds. The predicted molar refractivity (Wildman–Crippen MR) is 79.4 cm³/mol. The lowest BCUT2D eigenvalue weighted by atomic mass is 10.1. The van der Waals surface area contributed by atoms with Crippen LogP contribution < -0.4 is 11.1 Å². The van der Waals surface area contributed by atoms with Crippen molar-refractivity contribution in [1.29, 1.82) is 0 Å². The Labute approximate surface area is 119 Å². The van der Waals surface area contributed by atoms with Crippen molar-refractivity contribution >= 4 is 28.9 Å². The van der Waals surface area contributed by atoms with Crippen molar-refractivity contribution < 1.29 is 9.53 Å². The van der Waals surface area contributed by atoms with E-state index in [1.54, 1.807) is 18.2 Å². The fourth-order valence-corrected chi connectivity index (χ4v) is 1.48. The molecule has 0 aliphatic heterocycles. The smallest absolute Gasteiger partial charge is 0.226 e. The Morgan fingerprint density at radius 1 is 1.47 bits per heavy atom. The van der Waals surface area contributed by atoms with Gasteiger partial charge in [0.05, 0.1) is 29.3 Å². The van der Waals surface area contributed by atoms with Crippen molar-refractivity contribution in [3.8, 4) is 0 Å². The molecule has 0 heterocycles. The van der Waals surface area contributed by atoms with Crippen LogP contribution in [0, 0.1) is 0 Å². The summed E-state index contributed by atoms with van der Waals surface area (Å²) in [5.41, 5.74) is 6.56. The molecule has 5 heteroatoms. The third kappa shape index (κ3) is 5.49. The molecule has 0 atom stereocenters. The fourth-order valence-electron chi connectivity index (χ4n) is 1.37. The molecule has 0 aliphatic carbocycles. The highest BCUT2D eigenvalue weighted by molar-refractivity contribution is 6.33. The molecule has 0 radical (unpaired) electrons. The number of hydrogen-bond donors (Lipinski definition) is 2. The number of nitrogens with one attached hydrogen (secondary N) is 1. The first-order valence-electron chi connectivity index (χ1n) is 6.33. The summed E-state index contributed by atoms with van der Waals surface area (Å²) in [5, 5.41) is 3.23. The Bertz CT molecular complexity index is 447. The van der Waals surface area contributed by atoms with Gasteiger partial charge in [-0.2, -0.15) is 0 Å². The second-order valence-electron chi connectivity index (χ2n) is 5.00. The summed E-state index contributed by atoms with van der Waals surface area (Å²) in [6, 6.07) is 5.01. The standard InChI is InChI=1S/C14H21ClN2O2/c1-4-14(2,3)19-8-7-13(18)17-10-5-6-11(15)12(16)9-10/h5-6,9H,4,7-8,16H2,1-3H3,(H,17,18). The third-order valence-corrected chi connectivity index (χ3v) is 3.30. The Hall–Kier alpha value is -1.26. The van der Waals surface area contributed by atoms with Gasteiger partial charge in [0.15, 0.2) is 0 Å². The number of nitrogens with two attached hydrogens (primary N) is 1. The van der Waals surface area contributed by atoms with Gasteiger partial charge in [-0.05, 0) is 38.5 Å². The number of benzene rings is 1. The molecule has 0 fully saturated rings. The van der Waals surface area contributed by atoms with Crippen LogP contribution in [0.3, 0.4) is 0 Å². The molecule has 0 unspecified atom stereocenters. The van der Waals surface area contributed by atoms with Crippen LogP contribution in [-0.4, -0.2) is 18.1 Å². The van der Waals surface area contributed by atoms with E-state index in [0.717, 1.165) is 6.42 Å². The highest BCUT2D eigenvalue weighted by Gasteiger charge is 2.15. The van der Waals surface area contributed by atoms with E-state index in [1.165, 1.54) is 0 Å². The topological polar surface area (TPSA) is 64.3 Å². The fraction of sp³-hybridized carbons (Fsp3) is 0.500. The van der Waals surface area contributed by atoms with Gasteiger partial charge in [0, 0.05) is 5.69 Å². The van der Waals surface area contributed by atoms with E-state index in [0.29, 0.717) is 29.4 Å². The van der Waals surface area contributed by atoms with Crippen molar-refractivity contribution in [3.63, 3.8) is 0 Å². The van der Waals surface area contributed by atoms with Gasteiger partial charge in [-0.15, -0.1) is 0 Å². The summed E-state index contributed by atoms with van der Waals surface area (Å²) in [7, 11) is 0. The largest absolute Gasteiger partial charge is 0.397 e. The average molecular weight is 285 g/mol. The molecule has 0 spiro atoms. The molecule has 0 saturated carbocycles. The van der Waals surface area contributed by atoms with Gasteiger partial charge in [0.1, 0.15) is 0 Å². The quantitative estimate of drug-likeness (QED) is 0.786. The van der Waals surface area contributed by atoms with Crippen molar-refractivity contribution in [2.45, 2.75) is 39.2 Å². The number of nitrogen functional groups attached to an aromatic ring is 1. The number of hydrogen-bond acceptors (Lipinski definition) is 3. The predicted octanol–water partition coefficient (Wildman–Crippen LogP) is 3.46. The molecular weight excluding hydrogens is 264 g/mol. The van der Waals surface area contributed by atoms with Crippen molar-refractivity contribution in [2.24, 2.45) is 0 Å². The molecule has 1 aromatic carbocycles. The minimum atomic E-state index is -0.190. The highest BCUT2D eigenvalue weighted by atomic mass is 35.5. The Kier molecular flexibility index (Phi) is 5.63. The summed E-state index contributed by atoms with van der Waals surface area (Å²) < 4.78 is 5.62. The molecule has 3 N–H and O–H groups in total. The number of carbonyl (C=O) groups is 1. The summed E-state index contributed by atoms with van der Waals surface area (Å²) in [6.07, 6.45) is 1.22. The average Bonchev–Trinajstić information content (AvgIpc) is 2.33. The number of rotatable bonds is 6. The second-order valence-corrected chi connectivity index (χ2v) is 5.40. The molecule has 4 nitrogen and oxygen atoms in total. The minimum Gasteiger partial charge on any atom is -0.397 e. The molecule has 19 heavy (non-hydrogen) atoms. The molecule has 0 bridgehead atoms. The van der Waals surface area contributed by atoms with Crippen molar-refractivity contribution in [1.82, 2.24) is 0 Å². The molecule has 0 aromatic heterocycles. The van der Waals surface area contributed by atoms with E-state index in [1.807, 2.05) is 13.8 Å². The SMILES string of the molecule is CCC(C)(C)OCCC(=O)Nc1ccc(Cl)c(N)c1. The van der Waals surface area contributed by atoms with E-state index in [4.69, 9.17) is 22.1 Å². The zero-order valence-corrected chi connectivity index (χ0v) is 12.4. The Morgan fingerprint density at radius 2 is 2.16 bits per heavy atom. The van der Waals surface area contributed by atoms with Gasteiger partial charge >= 0.3 is 0 Å². The third-order valence-electron chi connectivity index (χ3n) is 2.95. The Morgan fingerprint density at radius 3 is 2.74 bits per heavy atom. The molecule has 0 saturated heterocycles. The monoisotopic (exact) mass is 284 g/mol. The van der Waals surface area contributed by atoms with Crippen LogP contribution in [-0.2, 0) is 9.53 Å². The van der Waals surface area contributed by atoms with Crippen molar-refractivity contribution in [2.75, 3.05) is 17.7 Å². The molecular formula is C14H21ClN2O2. The van der Waals surface area contributed by atoms with Crippen LogP contribution in [0.1, 0.15) is 33.6 Å².